The Bertz CT molecular complexity index is 882. The summed E-state index contributed by atoms with van der Waals surface area (Å²) in [4.78, 5) is 9.89. The summed E-state index contributed by atoms with van der Waals surface area (Å²) in [6.07, 6.45) is 10.0. The Kier molecular flexibility index (Phi) is 4.93. The number of hydrogen-bond donors (Lipinski definition) is 3. The SMILES string of the molecule is CC(Nc1nc(NCC2CCC2)nc2c(C3=CCNCC3)cccc12)C1CC1. The zero-order valence-electron chi connectivity index (χ0n) is 16.8. The van der Waals surface area contributed by atoms with E-state index in [1.165, 1.54) is 43.2 Å². The number of nitrogens with zero attached hydrogens (tertiary/aromatic N) is 2. The minimum atomic E-state index is 0.458. The normalized spacial score (nSPS) is 21.1. The van der Waals surface area contributed by atoms with Gasteiger partial charge in [-0.3, -0.25) is 0 Å². The average Bonchev–Trinajstić information content (AvgIpc) is 3.52. The number of hydrogen-bond acceptors (Lipinski definition) is 5. The van der Waals surface area contributed by atoms with Crippen LogP contribution in [0.3, 0.4) is 0 Å². The molecule has 3 N–H and O–H groups in total. The zero-order valence-corrected chi connectivity index (χ0v) is 16.8. The molecular weight excluding hydrogens is 346 g/mol. The molecule has 148 valence electrons. The van der Waals surface area contributed by atoms with E-state index in [1.54, 1.807) is 0 Å². The van der Waals surface area contributed by atoms with E-state index in [4.69, 9.17) is 9.97 Å². The standard InChI is InChI=1S/C23H31N5/c1-15(17-8-9-17)26-22-20-7-3-6-19(18-10-12-24-13-11-18)21(20)27-23(28-22)25-14-16-4-2-5-16/h3,6-7,10,15-17,24H,2,4-5,8-9,11-14H2,1H3,(H2,25,26,27,28). The summed E-state index contributed by atoms with van der Waals surface area (Å²) in [5, 5.41) is 11.8. The number of benzene rings is 1. The van der Waals surface area contributed by atoms with Gasteiger partial charge in [0, 0.05) is 30.1 Å². The zero-order chi connectivity index (χ0) is 18.9. The molecule has 28 heavy (non-hydrogen) atoms. The van der Waals surface area contributed by atoms with Crippen LogP contribution in [-0.2, 0) is 0 Å². The summed E-state index contributed by atoms with van der Waals surface area (Å²) < 4.78 is 0. The molecule has 1 aromatic heterocycles. The number of rotatable bonds is 7. The first-order chi connectivity index (χ1) is 13.8. The van der Waals surface area contributed by atoms with Gasteiger partial charge in [0.1, 0.15) is 5.82 Å². The third kappa shape index (κ3) is 3.72. The maximum atomic E-state index is 4.99. The molecule has 5 rings (SSSR count). The van der Waals surface area contributed by atoms with Gasteiger partial charge >= 0.3 is 0 Å². The highest BCUT2D eigenvalue weighted by atomic mass is 15.2. The molecule has 1 unspecified atom stereocenters. The lowest BCUT2D eigenvalue weighted by Gasteiger charge is -2.25. The van der Waals surface area contributed by atoms with Crippen molar-refractivity contribution in [3.05, 3.63) is 29.8 Å². The Labute approximate surface area is 167 Å². The fourth-order valence-electron chi connectivity index (χ4n) is 4.33. The van der Waals surface area contributed by atoms with Gasteiger partial charge in [0.25, 0.3) is 0 Å². The molecule has 0 amide bonds. The van der Waals surface area contributed by atoms with Gasteiger partial charge in [0.15, 0.2) is 0 Å². The fourth-order valence-corrected chi connectivity index (χ4v) is 4.33. The first-order valence-electron chi connectivity index (χ1n) is 11.0. The molecule has 2 aliphatic carbocycles. The van der Waals surface area contributed by atoms with Crippen molar-refractivity contribution < 1.29 is 0 Å². The summed E-state index contributed by atoms with van der Waals surface area (Å²) in [5.74, 6) is 3.32. The van der Waals surface area contributed by atoms with Crippen molar-refractivity contribution in [2.75, 3.05) is 30.3 Å². The monoisotopic (exact) mass is 377 g/mol. The summed E-state index contributed by atoms with van der Waals surface area (Å²) in [7, 11) is 0. The molecular formula is C23H31N5. The predicted octanol–water partition coefficient (Wildman–Crippen LogP) is 4.43. The molecule has 0 saturated heterocycles. The summed E-state index contributed by atoms with van der Waals surface area (Å²) in [6, 6.07) is 6.99. The second-order valence-electron chi connectivity index (χ2n) is 8.73. The first kappa shape index (κ1) is 17.9. The highest BCUT2D eigenvalue weighted by Gasteiger charge is 2.29. The van der Waals surface area contributed by atoms with Crippen LogP contribution in [0.5, 0.6) is 0 Å². The lowest BCUT2D eigenvalue weighted by molar-refractivity contribution is 0.333. The Hall–Kier alpha value is -2.14. The second-order valence-corrected chi connectivity index (χ2v) is 8.73. The van der Waals surface area contributed by atoms with Gasteiger partial charge in [0.05, 0.1) is 5.52 Å². The van der Waals surface area contributed by atoms with E-state index >= 15 is 0 Å². The smallest absolute Gasteiger partial charge is 0.225 e. The minimum Gasteiger partial charge on any atom is -0.367 e. The predicted molar refractivity (Wildman–Crippen MR) is 117 cm³/mol. The van der Waals surface area contributed by atoms with Crippen molar-refractivity contribution in [1.82, 2.24) is 15.3 Å². The Morgan fingerprint density at radius 2 is 2.07 bits per heavy atom. The number of anilines is 2. The van der Waals surface area contributed by atoms with Crippen molar-refractivity contribution >= 4 is 28.2 Å². The Morgan fingerprint density at radius 3 is 2.79 bits per heavy atom. The maximum absolute atomic E-state index is 4.99. The average molecular weight is 378 g/mol. The molecule has 1 aliphatic heterocycles. The first-order valence-corrected chi connectivity index (χ1v) is 11.0. The van der Waals surface area contributed by atoms with Gasteiger partial charge < -0.3 is 16.0 Å². The van der Waals surface area contributed by atoms with E-state index in [1.807, 2.05) is 0 Å². The summed E-state index contributed by atoms with van der Waals surface area (Å²) in [5.41, 5.74) is 3.73. The van der Waals surface area contributed by atoms with Crippen LogP contribution in [0.25, 0.3) is 16.5 Å². The lowest BCUT2D eigenvalue weighted by Crippen LogP contribution is -2.23. The topological polar surface area (TPSA) is 61.9 Å². The van der Waals surface area contributed by atoms with Crippen LogP contribution >= 0.6 is 0 Å². The largest absolute Gasteiger partial charge is 0.367 e. The van der Waals surface area contributed by atoms with Crippen molar-refractivity contribution in [3.8, 4) is 0 Å². The molecule has 1 atom stereocenters. The summed E-state index contributed by atoms with van der Waals surface area (Å²) in [6.45, 7) is 5.24. The van der Waals surface area contributed by atoms with E-state index in [-0.39, 0.29) is 0 Å². The Morgan fingerprint density at radius 1 is 1.18 bits per heavy atom. The van der Waals surface area contributed by atoms with E-state index in [0.717, 1.165) is 60.6 Å². The second kappa shape index (κ2) is 7.70. The van der Waals surface area contributed by atoms with E-state index in [2.05, 4.69) is 47.1 Å². The van der Waals surface area contributed by atoms with Crippen LogP contribution in [0.2, 0.25) is 0 Å². The van der Waals surface area contributed by atoms with E-state index < -0.39 is 0 Å². The quantitative estimate of drug-likeness (QED) is 0.666. The van der Waals surface area contributed by atoms with Crippen LogP contribution in [0.1, 0.15) is 51.0 Å². The van der Waals surface area contributed by atoms with Crippen molar-refractivity contribution in [2.45, 2.75) is 51.5 Å². The molecule has 2 fully saturated rings. The molecule has 0 bridgehead atoms. The van der Waals surface area contributed by atoms with Crippen LogP contribution in [0.15, 0.2) is 24.3 Å². The van der Waals surface area contributed by atoms with Gasteiger partial charge in [-0.25, -0.2) is 4.98 Å². The third-order valence-corrected chi connectivity index (χ3v) is 6.60. The van der Waals surface area contributed by atoms with Crippen molar-refractivity contribution in [3.63, 3.8) is 0 Å². The van der Waals surface area contributed by atoms with Gasteiger partial charge in [-0.15, -0.1) is 0 Å². The number of aromatic nitrogens is 2. The van der Waals surface area contributed by atoms with Crippen molar-refractivity contribution in [2.24, 2.45) is 11.8 Å². The third-order valence-electron chi connectivity index (χ3n) is 6.60. The molecule has 2 saturated carbocycles. The van der Waals surface area contributed by atoms with Crippen LogP contribution < -0.4 is 16.0 Å². The molecule has 2 aromatic rings. The van der Waals surface area contributed by atoms with Crippen LogP contribution in [0.4, 0.5) is 11.8 Å². The van der Waals surface area contributed by atoms with E-state index in [9.17, 15) is 0 Å². The van der Waals surface area contributed by atoms with Gasteiger partial charge in [-0.2, -0.15) is 4.98 Å². The van der Waals surface area contributed by atoms with Crippen LogP contribution in [0, 0.1) is 11.8 Å². The lowest BCUT2D eigenvalue weighted by atomic mass is 9.85. The molecule has 3 aliphatic rings. The maximum Gasteiger partial charge on any atom is 0.225 e. The molecule has 0 spiro atoms. The number of fused-ring (bicyclic) bond motifs is 1. The number of nitrogens with one attached hydrogen (secondary N) is 3. The molecule has 1 aromatic carbocycles. The highest BCUT2D eigenvalue weighted by Crippen LogP contribution is 2.36. The molecule has 5 nitrogen and oxygen atoms in total. The van der Waals surface area contributed by atoms with Gasteiger partial charge in [-0.1, -0.05) is 24.6 Å². The molecule has 2 heterocycles. The fraction of sp³-hybridized carbons (Fsp3) is 0.565. The van der Waals surface area contributed by atoms with Crippen molar-refractivity contribution in [1.29, 1.82) is 0 Å². The molecule has 0 radical (unpaired) electrons. The van der Waals surface area contributed by atoms with Crippen LogP contribution in [-0.4, -0.2) is 35.6 Å². The minimum absolute atomic E-state index is 0.458. The Balaban J connectivity index is 1.53. The summed E-state index contributed by atoms with van der Waals surface area (Å²) >= 11 is 0. The molecule has 5 heteroatoms. The van der Waals surface area contributed by atoms with E-state index in [0.29, 0.717) is 6.04 Å². The van der Waals surface area contributed by atoms with Gasteiger partial charge in [-0.05, 0) is 69.0 Å². The van der Waals surface area contributed by atoms with Gasteiger partial charge in [0.2, 0.25) is 5.95 Å². The highest BCUT2D eigenvalue weighted by molar-refractivity contribution is 5.97. The number of para-hydroxylation sites is 1.